The number of nitrogens with one attached hydrogen (secondary N) is 1. The molecule has 4 rings (SSSR count). The lowest BCUT2D eigenvalue weighted by atomic mass is 10.2. The van der Waals surface area contributed by atoms with Gasteiger partial charge in [0.25, 0.3) is 0 Å². The Morgan fingerprint density at radius 1 is 1.15 bits per heavy atom. The zero-order chi connectivity index (χ0) is 18.1. The van der Waals surface area contributed by atoms with Crippen LogP contribution in [0.5, 0.6) is 0 Å². The summed E-state index contributed by atoms with van der Waals surface area (Å²) in [6.07, 6.45) is 1.77. The van der Waals surface area contributed by atoms with E-state index in [0.29, 0.717) is 4.21 Å². The van der Waals surface area contributed by atoms with Crippen LogP contribution in [0.25, 0.3) is 10.1 Å². The Kier molecular flexibility index (Phi) is 6.05. The van der Waals surface area contributed by atoms with E-state index in [9.17, 15) is 8.42 Å². The van der Waals surface area contributed by atoms with Crippen molar-refractivity contribution in [1.29, 1.82) is 0 Å². The SMILES string of the molecule is Cc1ccc(CS(=O)(=O)c2cc3c(N4CCNCC4)nccc3s2)cc1.Cl. The van der Waals surface area contributed by atoms with Crippen LogP contribution in [0.3, 0.4) is 0 Å². The van der Waals surface area contributed by atoms with Crippen LogP contribution in [0.15, 0.2) is 46.8 Å². The quantitative estimate of drug-likeness (QED) is 0.696. The monoisotopic (exact) mass is 423 g/mol. The number of fused-ring (bicyclic) bond motifs is 1. The largest absolute Gasteiger partial charge is 0.354 e. The number of hydrogen-bond donors (Lipinski definition) is 1. The van der Waals surface area contributed by atoms with Crippen molar-refractivity contribution in [3.05, 3.63) is 53.7 Å². The Morgan fingerprint density at radius 2 is 1.85 bits per heavy atom. The van der Waals surface area contributed by atoms with Gasteiger partial charge in [-0.25, -0.2) is 13.4 Å². The van der Waals surface area contributed by atoms with Crippen molar-refractivity contribution in [1.82, 2.24) is 10.3 Å². The van der Waals surface area contributed by atoms with Gasteiger partial charge in [0, 0.05) is 42.5 Å². The Labute approximate surface area is 169 Å². The van der Waals surface area contributed by atoms with Gasteiger partial charge in [-0.2, -0.15) is 0 Å². The molecule has 1 saturated heterocycles. The van der Waals surface area contributed by atoms with Crippen LogP contribution in [0.2, 0.25) is 0 Å². The van der Waals surface area contributed by atoms with Gasteiger partial charge in [0.2, 0.25) is 0 Å². The number of nitrogens with zero attached hydrogens (tertiary/aromatic N) is 2. The van der Waals surface area contributed by atoms with Gasteiger partial charge in [0.15, 0.2) is 9.84 Å². The molecule has 3 aromatic rings. The summed E-state index contributed by atoms with van der Waals surface area (Å²) in [5.74, 6) is 0.910. The Bertz CT molecular complexity index is 1030. The number of benzene rings is 1. The lowest BCUT2D eigenvalue weighted by molar-refractivity contribution is 0.586. The van der Waals surface area contributed by atoms with Crippen molar-refractivity contribution >= 4 is 49.5 Å². The second-order valence-electron chi connectivity index (χ2n) is 6.59. The molecule has 0 saturated carbocycles. The molecule has 1 aliphatic rings. The van der Waals surface area contributed by atoms with Gasteiger partial charge in [-0.3, -0.25) is 0 Å². The molecule has 0 atom stereocenters. The summed E-state index contributed by atoms with van der Waals surface area (Å²) in [4.78, 5) is 6.75. The zero-order valence-corrected chi connectivity index (χ0v) is 17.5. The fourth-order valence-corrected chi connectivity index (χ4v) is 5.99. The molecule has 3 heterocycles. The Morgan fingerprint density at radius 3 is 2.56 bits per heavy atom. The summed E-state index contributed by atoms with van der Waals surface area (Å²) >= 11 is 1.33. The van der Waals surface area contributed by atoms with E-state index in [2.05, 4.69) is 15.2 Å². The molecule has 8 heteroatoms. The van der Waals surface area contributed by atoms with Crippen LogP contribution in [-0.2, 0) is 15.6 Å². The normalized spacial score (nSPS) is 14.9. The number of rotatable bonds is 4. The molecule has 0 aliphatic carbocycles. The van der Waals surface area contributed by atoms with Gasteiger partial charge in [-0.15, -0.1) is 23.7 Å². The second-order valence-corrected chi connectivity index (χ2v) is 9.89. The average molecular weight is 424 g/mol. The molecule has 2 aromatic heterocycles. The van der Waals surface area contributed by atoms with Crippen molar-refractivity contribution in [2.75, 3.05) is 31.1 Å². The third-order valence-electron chi connectivity index (χ3n) is 4.60. The molecule has 144 valence electrons. The standard InChI is InChI=1S/C19H21N3O2S2.ClH/c1-14-2-4-15(5-3-14)13-26(23,24)18-12-16-17(25-18)6-7-21-19(16)22-10-8-20-9-11-22;/h2-7,12,20H,8-11,13H2,1H3;1H. The summed E-state index contributed by atoms with van der Waals surface area (Å²) in [5, 5.41) is 4.26. The zero-order valence-electron chi connectivity index (χ0n) is 15.0. The first-order valence-electron chi connectivity index (χ1n) is 8.65. The van der Waals surface area contributed by atoms with Crippen molar-refractivity contribution in [3.63, 3.8) is 0 Å². The number of hydrogen-bond acceptors (Lipinski definition) is 6. The lowest BCUT2D eigenvalue weighted by Gasteiger charge is -2.28. The van der Waals surface area contributed by atoms with E-state index in [1.807, 2.05) is 37.3 Å². The van der Waals surface area contributed by atoms with Crippen molar-refractivity contribution in [3.8, 4) is 0 Å². The molecule has 27 heavy (non-hydrogen) atoms. The number of pyridine rings is 1. The maximum Gasteiger partial charge on any atom is 0.191 e. The fourth-order valence-electron chi connectivity index (χ4n) is 3.18. The summed E-state index contributed by atoms with van der Waals surface area (Å²) < 4.78 is 27.2. The van der Waals surface area contributed by atoms with Gasteiger partial charge in [0.1, 0.15) is 10.0 Å². The maximum atomic E-state index is 12.9. The molecule has 1 N–H and O–H groups in total. The number of anilines is 1. The summed E-state index contributed by atoms with van der Waals surface area (Å²) in [6.45, 7) is 5.59. The third-order valence-corrected chi connectivity index (χ3v) is 7.95. The molecule has 0 radical (unpaired) electrons. The summed E-state index contributed by atoms with van der Waals surface area (Å²) in [7, 11) is -3.38. The molecule has 5 nitrogen and oxygen atoms in total. The molecule has 1 aliphatic heterocycles. The predicted molar refractivity (Wildman–Crippen MR) is 114 cm³/mol. The number of piperazine rings is 1. The van der Waals surface area contributed by atoms with Crippen LogP contribution in [0.4, 0.5) is 5.82 Å². The predicted octanol–water partition coefficient (Wildman–Crippen LogP) is 3.41. The lowest BCUT2D eigenvalue weighted by Crippen LogP contribution is -2.43. The van der Waals surface area contributed by atoms with Gasteiger partial charge in [-0.05, 0) is 24.6 Å². The van der Waals surface area contributed by atoms with E-state index < -0.39 is 9.84 Å². The second kappa shape index (κ2) is 8.14. The van der Waals surface area contributed by atoms with E-state index in [1.165, 1.54) is 11.3 Å². The fraction of sp³-hybridized carbons (Fsp3) is 0.316. The van der Waals surface area contributed by atoms with Gasteiger partial charge >= 0.3 is 0 Å². The molecule has 0 amide bonds. The molecule has 0 bridgehead atoms. The number of sulfone groups is 1. The number of aryl methyl sites for hydroxylation is 1. The first kappa shape index (κ1) is 20.1. The molecule has 1 fully saturated rings. The first-order valence-corrected chi connectivity index (χ1v) is 11.1. The molecule has 0 spiro atoms. The molecular weight excluding hydrogens is 402 g/mol. The topological polar surface area (TPSA) is 62.3 Å². The smallest absolute Gasteiger partial charge is 0.191 e. The van der Waals surface area contributed by atoms with Crippen LogP contribution < -0.4 is 10.2 Å². The number of halogens is 1. The van der Waals surface area contributed by atoms with Crippen LogP contribution >= 0.6 is 23.7 Å². The van der Waals surface area contributed by atoms with Crippen molar-refractivity contribution in [2.45, 2.75) is 16.9 Å². The van der Waals surface area contributed by atoms with Crippen LogP contribution in [0.1, 0.15) is 11.1 Å². The number of thiophene rings is 1. The third kappa shape index (κ3) is 4.27. The molecule has 0 unspecified atom stereocenters. The highest BCUT2D eigenvalue weighted by Gasteiger charge is 2.22. The van der Waals surface area contributed by atoms with E-state index in [1.54, 1.807) is 12.3 Å². The van der Waals surface area contributed by atoms with E-state index in [0.717, 1.165) is 53.2 Å². The minimum Gasteiger partial charge on any atom is -0.354 e. The van der Waals surface area contributed by atoms with Crippen molar-refractivity contribution in [2.24, 2.45) is 0 Å². The minimum absolute atomic E-state index is 0. The van der Waals surface area contributed by atoms with Crippen LogP contribution in [0, 0.1) is 6.92 Å². The highest BCUT2D eigenvalue weighted by Crippen LogP contribution is 2.35. The molecule has 1 aromatic carbocycles. The van der Waals surface area contributed by atoms with E-state index in [-0.39, 0.29) is 18.2 Å². The Balaban J connectivity index is 0.00000210. The van der Waals surface area contributed by atoms with E-state index in [4.69, 9.17) is 0 Å². The Hall–Kier alpha value is -1.67. The first-order chi connectivity index (χ1) is 12.5. The van der Waals surface area contributed by atoms with Gasteiger partial charge in [0.05, 0.1) is 5.75 Å². The number of aromatic nitrogens is 1. The van der Waals surface area contributed by atoms with Crippen molar-refractivity contribution < 1.29 is 8.42 Å². The molecular formula is C19H22ClN3O2S2. The highest BCUT2D eigenvalue weighted by atomic mass is 35.5. The maximum absolute atomic E-state index is 12.9. The highest BCUT2D eigenvalue weighted by molar-refractivity contribution is 7.92. The van der Waals surface area contributed by atoms with Crippen LogP contribution in [-0.4, -0.2) is 39.6 Å². The van der Waals surface area contributed by atoms with E-state index >= 15 is 0 Å². The summed E-state index contributed by atoms with van der Waals surface area (Å²) in [6, 6.07) is 11.4. The average Bonchev–Trinajstić information content (AvgIpc) is 3.09. The van der Waals surface area contributed by atoms with Gasteiger partial charge < -0.3 is 10.2 Å². The van der Waals surface area contributed by atoms with Gasteiger partial charge in [-0.1, -0.05) is 29.8 Å². The minimum atomic E-state index is -3.38. The summed E-state index contributed by atoms with van der Waals surface area (Å²) in [5.41, 5.74) is 1.94.